The van der Waals surface area contributed by atoms with Crippen LogP contribution >= 0.6 is 0 Å². The third-order valence-electron chi connectivity index (χ3n) is 0.311. The minimum absolute atomic E-state index is 0.407. The highest BCUT2D eigenvalue weighted by Gasteiger charge is 2.11. The molecule has 1 rings (SSSR count). The van der Waals surface area contributed by atoms with Crippen molar-refractivity contribution in [1.29, 1.82) is 0 Å². The zero-order valence-corrected chi connectivity index (χ0v) is 2.43. The number of nitrogens with one attached hydrogen (secondary N) is 1. The highest BCUT2D eigenvalue weighted by atomic mass is 16.8. The average molecular weight is 73.1 g/mol. The fourth-order valence-electron chi connectivity index (χ4n) is 0.0755. The van der Waals surface area contributed by atoms with Crippen LogP contribution in [0.5, 0.6) is 0 Å². The molecule has 4 nitrogen and oxygen atoms in total. The van der Waals surface area contributed by atoms with Crippen molar-refractivity contribution in [1.82, 2.24) is 5.48 Å². The first-order chi connectivity index (χ1) is 2.43. The number of amidine groups is 1. The summed E-state index contributed by atoms with van der Waals surface area (Å²) < 4.78 is 0. The van der Waals surface area contributed by atoms with Gasteiger partial charge in [-0.2, -0.15) is 5.48 Å². The van der Waals surface area contributed by atoms with Gasteiger partial charge in [0.25, 0.3) is 0 Å². The number of hydrogen-bond acceptors (Lipinski definition) is 3. The summed E-state index contributed by atoms with van der Waals surface area (Å²) in [5.74, 6) is 4.63. The Hall–Kier alpha value is -0.930. The molecular formula is CH3N3O. The smallest absolute Gasteiger partial charge is 0.334 e. The lowest BCUT2D eigenvalue weighted by molar-refractivity contribution is 0.455. The van der Waals surface area contributed by atoms with E-state index in [2.05, 4.69) is 21.3 Å². The lowest BCUT2D eigenvalue weighted by Crippen LogP contribution is -1.83. The fraction of sp³-hybridized carbons (Fsp3) is 0. The van der Waals surface area contributed by atoms with Gasteiger partial charge in [0.1, 0.15) is 0 Å². The summed E-state index contributed by atoms with van der Waals surface area (Å²) in [4.78, 5) is 4.23. The van der Waals surface area contributed by atoms with E-state index in [-0.39, 0.29) is 0 Å². The Kier molecular flexibility index (Phi) is 0.237. The number of nitrogens with zero attached hydrogens (tertiary/aromatic N) is 1. The molecule has 0 aliphatic carbocycles. The highest BCUT2D eigenvalue weighted by Crippen LogP contribution is 1.82. The molecule has 1 heterocycles. The monoisotopic (exact) mass is 73.0 g/mol. The molecule has 0 amide bonds. The van der Waals surface area contributed by atoms with Crippen molar-refractivity contribution in [3.63, 3.8) is 0 Å². The van der Waals surface area contributed by atoms with E-state index in [1.165, 1.54) is 0 Å². The molecule has 0 bridgehead atoms. The lowest BCUT2D eigenvalue weighted by Gasteiger charge is -1.49. The minimum Gasteiger partial charge on any atom is -0.334 e. The molecule has 0 spiro atoms. The van der Waals surface area contributed by atoms with Gasteiger partial charge in [-0.05, 0) is 0 Å². The van der Waals surface area contributed by atoms with Crippen LogP contribution in [0.3, 0.4) is 0 Å². The number of hydrazone groups is 1. The summed E-state index contributed by atoms with van der Waals surface area (Å²) in [6.45, 7) is 0. The van der Waals surface area contributed by atoms with Gasteiger partial charge in [0.2, 0.25) is 0 Å². The Balaban J connectivity index is 2.46. The van der Waals surface area contributed by atoms with Gasteiger partial charge in [0.05, 0.1) is 0 Å². The van der Waals surface area contributed by atoms with Crippen molar-refractivity contribution in [2.24, 2.45) is 10.9 Å². The minimum atomic E-state index is 0.407. The SMILES string of the molecule is NN=C1NO1. The zero-order chi connectivity index (χ0) is 3.70. The third kappa shape index (κ3) is 0.212. The van der Waals surface area contributed by atoms with E-state index in [0.717, 1.165) is 0 Å². The van der Waals surface area contributed by atoms with Crippen LogP contribution in [0.1, 0.15) is 0 Å². The van der Waals surface area contributed by atoms with Gasteiger partial charge in [-0.3, -0.25) is 0 Å². The predicted octanol–water partition coefficient (Wildman–Crippen LogP) is -1.25. The summed E-state index contributed by atoms with van der Waals surface area (Å²) >= 11 is 0. The first-order valence-electron chi connectivity index (χ1n) is 1.14. The molecule has 0 aromatic rings. The van der Waals surface area contributed by atoms with Gasteiger partial charge >= 0.3 is 6.02 Å². The first kappa shape index (κ1) is 2.32. The molecule has 4 heteroatoms. The Bertz CT molecular complexity index is 61.3. The molecule has 3 N–H and O–H groups in total. The van der Waals surface area contributed by atoms with Crippen LogP contribution in [0.25, 0.3) is 0 Å². The maximum Gasteiger partial charge on any atom is 0.366 e. The Morgan fingerprint density at radius 3 is 2.60 bits per heavy atom. The Labute approximate surface area is 28.6 Å². The van der Waals surface area contributed by atoms with E-state index in [9.17, 15) is 0 Å². The Morgan fingerprint density at radius 2 is 2.60 bits per heavy atom. The molecule has 1 aliphatic heterocycles. The number of hydroxylamine groups is 1. The molecule has 5 heavy (non-hydrogen) atoms. The molecule has 1 aliphatic rings. The van der Waals surface area contributed by atoms with Crippen LogP contribution in [-0.4, -0.2) is 6.02 Å². The average Bonchev–Trinajstić information content (AvgIpc) is 2.12. The molecule has 1 fully saturated rings. The molecule has 1 saturated heterocycles. The first-order valence-corrected chi connectivity index (χ1v) is 1.14. The molecule has 0 saturated carbocycles. The summed E-state index contributed by atoms with van der Waals surface area (Å²) in [7, 11) is 0. The number of nitrogens with two attached hydrogens (primary N) is 1. The van der Waals surface area contributed by atoms with Crippen LogP contribution < -0.4 is 11.3 Å². The lowest BCUT2D eigenvalue weighted by atomic mass is 11.3. The van der Waals surface area contributed by atoms with E-state index in [1.54, 1.807) is 0 Å². The maximum atomic E-state index is 4.63. The second-order valence-electron chi connectivity index (χ2n) is 0.638. The predicted molar refractivity (Wildman–Crippen MR) is 15.8 cm³/mol. The number of rotatable bonds is 0. The van der Waals surface area contributed by atoms with Gasteiger partial charge in [-0.1, -0.05) is 0 Å². The molecule has 0 aromatic heterocycles. The molecule has 0 radical (unpaired) electrons. The summed E-state index contributed by atoms with van der Waals surface area (Å²) in [6.07, 6.45) is 0. The molecule has 0 aromatic carbocycles. The van der Waals surface area contributed by atoms with Gasteiger partial charge in [-0.15, -0.1) is 5.10 Å². The van der Waals surface area contributed by atoms with Crippen molar-refractivity contribution in [3.8, 4) is 0 Å². The van der Waals surface area contributed by atoms with Crippen molar-refractivity contribution < 1.29 is 4.84 Å². The molecular weight excluding hydrogens is 70.0 g/mol. The molecule has 0 unspecified atom stereocenters. The van der Waals surface area contributed by atoms with Gasteiger partial charge in [0, 0.05) is 0 Å². The summed E-state index contributed by atoms with van der Waals surface area (Å²) in [5, 5.41) is 3.08. The molecule has 28 valence electrons. The van der Waals surface area contributed by atoms with E-state index in [4.69, 9.17) is 0 Å². The third-order valence-corrected chi connectivity index (χ3v) is 0.311. The maximum absolute atomic E-state index is 4.63. The summed E-state index contributed by atoms with van der Waals surface area (Å²) in [5.41, 5.74) is 2.31. The molecule has 0 atom stereocenters. The summed E-state index contributed by atoms with van der Waals surface area (Å²) in [6, 6.07) is 0.407. The second kappa shape index (κ2) is 0.512. The van der Waals surface area contributed by atoms with Crippen molar-refractivity contribution in [3.05, 3.63) is 0 Å². The van der Waals surface area contributed by atoms with Gasteiger partial charge < -0.3 is 10.7 Å². The van der Waals surface area contributed by atoms with Crippen molar-refractivity contribution in [2.75, 3.05) is 0 Å². The van der Waals surface area contributed by atoms with Crippen LogP contribution in [-0.2, 0) is 4.84 Å². The normalized spacial score (nSPS) is 24.4. The Morgan fingerprint density at radius 1 is 2.00 bits per heavy atom. The highest BCUT2D eigenvalue weighted by molar-refractivity contribution is 5.81. The van der Waals surface area contributed by atoms with Gasteiger partial charge in [0.15, 0.2) is 0 Å². The largest absolute Gasteiger partial charge is 0.366 e. The van der Waals surface area contributed by atoms with E-state index < -0.39 is 0 Å². The zero-order valence-electron chi connectivity index (χ0n) is 2.43. The quantitative estimate of drug-likeness (QED) is 0.214. The second-order valence-corrected chi connectivity index (χ2v) is 0.638. The fourth-order valence-corrected chi connectivity index (χ4v) is 0.0755. The van der Waals surface area contributed by atoms with Crippen molar-refractivity contribution in [2.45, 2.75) is 0 Å². The van der Waals surface area contributed by atoms with Crippen LogP contribution in [0, 0.1) is 0 Å². The van der Waals surface area contributed by atoms with Crippen LogP contribution in [0.2, 0.25) is 0 Å². The van der Waals surface area contributed by atoms with E-state index >= 15 is 0 Å². The van der Waals surface area contributed by atoms with Crippen LogP contribution in [0.15, 0.2) is 5.10 Å². The van der Waals surface area contributed by atoms with Gasteiger partial charge in [-0.25, -0.2) is 0 Å². The number of hydrogen-bond donors (Lipinski definition) is 2. The van der Waals surface area contributed by atoms with Crippen LogP contribution in [0.4, 0.5) is 0 Å². The van der Waals surface area contributed by atoms with Crippen molar-refractivity contribution >= 4 is 6.02 Å². The topological polar surface area (TPSA) is 72.8 Å². The standard InChI is InChI=1S/CH3N3O/c2-3-1-4-5-1/h2H2,(H,3,4). The van der Waals surface area contributed by atoms with E-state index in [1.807, 2.05) is 0 Å². The van der Waals surface area contributed by atoms with E-state index in [0.29, 0.717) is 6.02 Å².